The van der Waals surface area contributed by atoms with Crippen LogP contribution in [0.15, 0.2) is 36.4 Å². The Labute approximate surface area is 145 Å². The quantitative estimate of drug-likeness (QED) is 0.743. The van der Waals surface area contributed by atoms with Gasteiger partial charge < -0.3 is 10.1 Å². The molecule has 8 nitrogen and oxygen atoms in total. The largest absolute Gasteiger partial charge is 0.479 e. The molecule has 0 fully saturated rings. The Hall–Kier alpha value is -3.16. The van der Waals surface area contributed by atoms with Gasteiger partial charge in [0, 0.05) is 12.6 Å². The van der Waals surface area contributed by atoms with E-state index >= 15 is 0 Å². The van der Waals surface area contributed by atoms with E-state index in [4.69, 9.17) is 4.74 Å². The summed E-state index contributed by atoms with van der Waals surface area (Å²) >= 11 is 0. The SMILES string of the molecule is CCn1nc(C)cc1NC(=O)c1nnn(Cc2ccccc2)c1OC. The Morgan fingerprint density at radius 2 is 2.00 bits per heavy atom. The Morgan fingerprint density at radius 1 is 1.24 bits per heavy atom. The molecule has 0 saturated carbocycles. The highest BCUT2D eigenvalue weighted by Gasteiger charge is 2.22. The lowest BCUT2D eigenvalue weighted by Crippen LogP contribution is -2.17. The summed E-state index contributed by atoms with van der Waals surface area (Å²) in [6.45, 7) is 4.95. The topological polar surface area (TPSA) is 86.9 Å². The van der Waals surface area contributed by atoms with Crippen molar-refractivity contribution in [3.05, 3.63) is 53.3 Å². The van der Waals surface area contributed by atoms with Gasteiger partial charge in [-0.3, -0.25) is 4.79 Å². The first-order valence-electron chi connectivity index (χ1n) is 7.99. The summed E-state index contributed by atoms with van der Waals surface area (Å²) in [5, 5.41) is 15.2. The first-order valence-corrected chi connectivity index (χ1v) is 7.99. The van der Waals surface area contributed by atoms with Crippen molar-refractivity contribution in [2.45, 2.75) is 26.9 Å². The fourth-order valence-corrected chi connectivity index (χ4v) is 2.57. The van der Waals surface area contributed by atoms with Gasteiger partial charge in [-0.15, -0.1) is 5.10 Å². The van der Waals surface area contributed by atoms with E-state index < -0.39 is 0 Å². The standard InChI is InChI=1S/C17H20N6O2/c1-4-22-14(10-12(2)20-22)18-16(24)15-17(25-3)23(21-19-15)11-13-8-6-5-7-9-13/h5-10H,4,11H2,1-3H3,(H,18,24). The van der Waals surface area contributed by atoms with Crippen LogP contribution in [0.25, 0.3) is 0 Å². The maximum Gasteiger partial charge on any atom is 0.283 e. The fraction of sp³-hybridized carbons (Fsp3) is 0.294. The molecule has 0 radical (unpaired) electrons. The molecule has 0 aliphatic heterocycles. The molecule has 1 N–H and O–H groups in total. The lowest BCUT2D eigenvalue weighted by molar-refractivity contribution is 0.101. The molecule has 0 unspecified atom stereocenters. The minimum absolute atomic E-state index is 0.139. The summed E-state index contributed by atoms with van der Waals surface area (Å²) in [7, 11) is 1.50. The van der Waals surface area contributed by atoms with Gasteiger partial charge in [0.25, 0.3) is 5.91 Å². The van der Waals surface area contributed by atoms with Gasteiger partial charge in [-0.1, -0.05) is 35.5 Å². The molecule has 0 aliphatic rings. The van der Waals surface area contributed by atoms with Crippen molar-refractivity contribution in [1.29, 1.82) is 0 Å². The van der Waals surface area contributed by atoms with Crippen LogP contribution in [0.5, 0.6) is 5.88 Å². The monoisotopic (exact) mass is 340 g/mol. The second kappa shape index (κ2) is 7.16. The number of aryl methyl sites for hydroxylation is 2. The third kappa shape index (κ3) is 3.52. The van der Waals surface area contributed by atoms with Crippen molar-refractivity contribution in [2.24, 2.45) is 0 Å². The molecule has 8 heteroatoms. The first-order chi connectivity index (χ1) is 12.1. The van der Waals surface area contributed by atoms with Crippen molar-refractivity contribution >= 4 is 11.7 Å². The van der Waals surface area contributed by atoms with E-state index in [0.29, 0.717) is 24.8 Å². The summed E-state index contributed by atoms with van der Waals surface area (Å²) < 4.78 is 8.64. The number of nitrogens with zero attached hydrogens (tertiary/aromatic N) is 5. The zero-order valence-corrected chi connectivity index (χ0v) is 14.4. The van der Waals surface area contributed by atoms with Gasteiger partial charge in [-0.05, 0) is 19.4 Å². The summed E-state index contributed by atoms with van der Waals surface area (Å²) in [6, 6.07) is 11.6. The highest BCUT2D eigenvalue weighted by atomic mass is 16.5. The molecule has 3 rings (SSSR count). The maximum atomic E-state index is 12.6. The number of aromatic nitrogens is 5. The normalized spacial score (nSPS) is 10.7. The van der Waals surface area contributed by atoms with E-state index in [-0.39, 0.29) is 11.6 Å². The smallest absolute Gasteiger partial charge is 0.283 e. The number of rotatable bonds is 6. The third-order valence-corrected chi connectivity index (χ3v) is 3.72. The molecule has 25 heavy (non-hydrogen) atoms. The first kappa shape index (κ1) is 16.7. The van der Waals surface area contributed by atoms with Crippen LogP contribution in [0.1, 0.15) is 28.7 Å². The van der Waals surface area contributed by atoms with Crippen LogP contribution in [0.4, 0.5) is 5.82 Å². The molecule has 1 amide bonds. The predicted molar refractivity (Wildman–Crippen MR) is 92.7 cm³/mol. The maximum absolute atomic E-state index is 12.6. The van der Waals surface area contributed by atoms with Crippen LogP contribution in [-0.4, -0.2) is 37.8 Å². The van der Waals surface area contributed by atoms with Crippen LogP contribution in [-0.2, 0) is 13.1 Å². The van der Waals surface area contributed by atoms with Gasteiger partial charge in [-0.25, -0.2) is 9.36 Å². The summed E-state index contributed by atoms with van der Waals surface area (Å²) in [6.07, 6.45) is 0. The number of nitrogens with one attached hydrogen (secondary N) is 1. The van der Waals surface area contributed by atoms with Crippen LogP contribution < -0.4 is 10.1 Å². The van der Waals surface area contributed by atoms with E-state index in [2.05, 4.69) is 20.7 Å². The second-order valence-electron chi connectivity index (χ2n) is 5.53. The highest BCUT2D eigenvalue weighted by Crippen LogP contribution is 2.19. The lowest BCUT2D eigenvalue weighted by Gasteiger charge is -2.08. The number of anilines is 1. The van der Waals surface area contributed by atoms with E-state index in [0.717, 1.165) is 11.3 Å². The molecule has 0 spiro atoms. The van der Waals surface area contributed by atoms with Crippen molar-refractivity contribution in [3.8, 4) is 5.88 Å². The molecule has 0 aliphatic carbocycles. The zero-order chi connectivity index (χ0) is 17.8. The Morgan fingerprint density at radius 3 is 2.68 bits per heavy atom. The Kier molecular flexibility index (Phi) is 4.78. The fourth-order valence-electron chi connectivity index (χ4n) is 2.57. The van der Waals surface area contributed by atoms with E-state index in [1.54, 1.807) is 9.36 Å². The van der Waals surface area contributed by atoms with Crippen molar-refractivity contribution in [3.63, 3.8) is 0 Å². The molecule has 0 saturated heterocycles. The Balaban J connectivity index is 1.83. The summed E-state index contributed by atoms with van der Waals surface area (Å²) in [5.41, 5.74) is 2.01. The molecule has 1 aromatic carbocycles. The number of hydrogen-bond acceptors (Lipinski definition) is 5. The molecule has 2 aromatic heterocycles. The van der Waals surface area contributed by atoms with Gasteiger partial charge in [0.15, 0.2) is 0 Å². The minimum Gasteiger partial charge on any atom is -0.479 e. The molecule has 2 heterocycles. The average molecular weight is 340 g/mol. The number of ether oxygens (including phenoxy) is 1. The predicted octanol–water partition coefficient (Wildman–Crippen LogP) is 2.11. The van der Waals surface area contributed by atoms with Gasteiger partial charge in [-0.2, -0.15) is 5.10 Å². The Bertz CT molecular complexity index is 869. The van der Waals surface area contributed by atoms with Crippen LogP contribution in [0.3, 0.4) is 0 Å². The van der Waals surface area contributed by atoms with Gasteiger partial charge in [0.1, 0.15) is 5.82 Å². The lowest BCUT2D eigenvalue weighted by atomic mass is 10.2. The number of methoxy groups -OCH3 is 1. The van der Waals surface area contributed by atoms with Crippen molar-refractivity contribution in [1.82, 2.24) is 24.8 Å². The van der Waals surface area contributed by atoms with Gasteiger partial charge in [0.05, 0.1) is 19.3 Å². The average Bonchev–Trinajstić information content (AvgIpc) is 3.18. The van der Waals surface area contributed by atoms with Crippen LogP contribution in [0.2, 0.25) is 0 Å². The van der Waals surface area contributed by atoms with E-state index in [1.165, 1.54) is 7.11 Å². The van der Waals surface area contributed by atoms with Crippen molar-refractivity contribution < 1.29 is 9.53 Å². The van der Waals surface area contributed by atoms with E-state index in [1.807, 2.05) is 50.2 Å². The zero-order valence-electron chi connectivity index (χ0n) is 14.4. The minimum atomic E-state index is -0.384. The number of amides is 1. The number of hydrogen-bond donors (Lipinski definition) is 1. The third-order valence-electron chi connectivity index (χ3n) is 3.72. The number of carbonyl (C=O) groups is 1. The summed E-state index contributed by atoms with van der Waals surface area (Å²) in [4.78, 5) is 12.6. The molecular weight excluding hydrogens is 320 g/mol. The molecule has 0 atom stereocenters. The second-order valence-corrected chi connectivity index (χ2v) is 5.53. The van der Waals surface area contributed by atoms with Crippen LogP contribution in [0, 0.1) is 6.92 Å². The van der Waals surface area contributed by atoms with Crippen molar-refractivity contribution in [2.75, 3.05) is 12.4 Å². The molecular formula is C17H20N6O2. The highest BCUT2D eigenvalue weighted by molar-refractivity contribution is 6.03. The molecule has 3 aromatic rings. The van der Waals surface area contributed by atoms with E-state index in [9.17, 15) is 4.79 Å². The van der Waals surface area contributed by atoms with Crippen LogP contribution >= 0.6 is 0 Å². The summed E-state index contributed by atoms with van der Waals surface area (Å²) in [5.74, 6) is 0.552. The number of benzene rings is 1. The van der Waals surface area contributed by atoms with Gasteiger partial charge >= 0.3 is 0 Å². The molecule has 130 valence electrons. The number of carbonyl (C=O) groups excluding carboxylic acids is 1. The van der Waals surface area contributed by atoms with Gasteiger partial charge in [0.2, 0.25) is 11.6 Å². The molecule has 0 bridgehead atoms.